The second-order valence-electron chi connectivity index (χ2n) is 3.45. The summed E-state index contributed by atoms with van der Waals surface area (Å²) < 4.78 is 0. The minimum atomic E-state index is 0.706. The van der Waals surface area contributed by atoms with Crippen LogP contribution in [0.1, 0.15) is 6.42 Å². The van der Waals surface area contributed by atoms with E-state index in [0.717, 1.165) is 24.2 Å². The first-order valence-electron chi connectivity index (χ1n) is 5.19. The summed E-state index contributed by atoms with van der Waals surface area (Å²) in [4.78, 5) is 4.33. The first kappa shape index (κ1) is 9.93. The Bertz CT molecular complexity index is 434. The average Bonchev–Trinajstić information content (AvgIpc) is 2.30. The van der Waals surface area contributed by atoms with E-state index in [4.69, 9.17) is 5.73 Å². The van der Waals surface area contributed by atoms with Crippen LogP contribution in [-0.4, -0.2) is 18.1 Å². The van der Waals surface area contributed by atoms with Crippen LogP contribution in [0.25, 0.3) is 10.8 Å². The normalized spacial score (nSPS) is 10.5. The van der Waals surface area contributed by atoms with Crippen LogP contribution in [0.5, 0.6) is 0 Å². The molecule has 0 bridgehead atoms. The fourth-order valence-electron chi connectivity index (χ4n) is 1.57. The predicted molar refractivity (Wildman–Crippen MR) is 63.9 cm³/mol. The molecule has 3 heteroatoms. The van der Waals surface area contributed by atoms with E-state index in [1.165, 1.54) is 5.39 Å². The molecule has 0 atom stereocenters. The van der Waals surface area contributed by atoms with Crippen LogP contribution < -0.4 is 11.1 Å². The maximum atomic E-state index is 5.44. The van der Waals surface area contributed by atoms with Gasteiger partial charge in [0.15, 0.2) is 0 Å². The van der Waals surface area contributed by atoms with Crippen molar-refractivity contribution in [1.82, 2.24) is 4.98 Å². The van der Waals surface area contributed by atoms with Crippen molar-refractivity contribution in [2.24, 2.45) is 5.73 Å². The van der Waals surface area contributed by atoms with Gasteiger partial charge in [-0.2, -0.15) is 0 Å². The largest absolute Gasteiger partial charge is 0.370 e. The first-order chi connectivity index (χ1) is 7.42. The molecule has 0 aliphatic rings. The van der Waals surface area contributed by atoms with E-state index < -0.39 is 0 Å². The highest BCUT2D eigenvalue weighted by atomic mass is 15.0. The van der Waals surface area contributed by atoms with Gasteiger partial charge >= 0.3 is 0 Å². The third-order valence-corrected chi connectivity index (χ3v) is 2.35. The Labute approximate surface area is 89.3 Å². The van der Waals surface area contributed by atoms with Gasteiger partial charge in [-0.1, -0.05) is 24.3 Å². The first-order valence-corrected chi connectivity index (χ1v) is 5.19. The van der Waals surface area contributed by atoms with Gasteiger partial charge < -0.3 is 11.1 Å². The molecule has 0 saturated carbocycles. The van der Waals surface area contributed by atoms with Crippen LogP contribution in [-0.2, 0) is 0 Å². The standard InChI is InChI=1S/C12H15N3/c13-7-3-8-14-12-11-5-2-1-4-10(11)6-9-15-12/h1-2,4-6,9H,3,7-8,13H2,(H,14,15). The summed E-state index contributed by atoms with van der Waals surface area (Å²) in [5.41, 5.74) is 5.44. The van der Waals surface area contributed by atoms with Crippen molar-refractivity contribution in [3.8, 4) is 0 Å². The summed E-state index contributed by atoms with van der Waals surface area (Å²) in [6.07, 6.45) is 2.79. The smallest absolute Gasteiger partial charge is 0.133 e. The highest BCUT2D eigenvalue weighted by molar-refractivity contribution is 5.91. The quantitative estimate of drug-likeness (QED) is 0.744. The Morgan fingerprint density at radius 3 is 2.93 bits per heavy atom. The van der Waals surface area contributed by atoms with Crippen LogP contribution >= 0.6 is 0 Å². The topological polar surface area (TPSA) is 50.9 Å². The molecule has 3 nitrogen and oxygen atoms in total. The summed E-state index contributed by atoms with van der Waals surface area (Å²) in [5.74, 6) is 0.946. The Balaban J connectivity index is 2.26. The van der Waals surface area contributed by atoms with Crippen molar-refractivity contribution in [2.45, 2.75) is 6.42 Å². The van der Waals surface area contributed by atoms with E-state index in [0.29, 0.717) is 6.54 Å². The van der Waals surface area contributed by atoms with E-state index in [9.17, 15) is 0 Å². The molecule has 2 rings (SSSR count). The van der Waals surface area contributed by atoms with E-state index in [2.05, 4.69) is 22.4 Å². The van der Waals surface area contributed by atoms with Crippen LogP contribution in [0.3, 0.4) is 0 Å². The summed E-state index contributed by atoms with van der Waals surface area (Å²) in [7, 11) is 0. The molecular weight excluding hydrogens is 186 g/mol. The van der Waals surface area contributed by atoms with E-state index in [-0.39, 0.29) is 0 Å². The summed E-state index contributed by atoms with van der Waals surface area (Å²) in [6.45, 7) is 1.58. The zero-order chi connectivity index (χ0) is 10.5. The number of fused-ring (bicyclic) bond motifs is 1. The number of nitrogens with two attached hydrogens (primary N) is 1. The highest BCUT2D eigenvalue weighted by Crippen LogP contribution is 2.19. The van der Waals surface area contributed by atoms with Gasteiger partial charge in [-0.15, -0.1) is 0 Å². The molecule has 15 heavy (non-hydrogen) atoms. The number of benzene rings is 1. The molecule has 0 radical (unpaired) electrons. The molecule has 1 heterocycles. The maximum Gasteiger partial charge on any atom is 0.133 e. The van der Waals surface area contributed by atoms with Gasteiger partial charge in [-0.05, 0) is 24.4 Å². The van der Waals surface area contributed by atoms with Gasteiger partial charge in [0, 0.05) is 18.1 Å². The Hall–Kier alpha value is -1.61. The molecule has 0 fully saturated rings. The van der Waals surface area contributed by atoms with Crippen LogP contribution in [0.2, 0.25) is 0 Å². The average molecular weight is 201 g/mol. The lowest BCUT2D eigenvalue weighted by atomic mass is 10.1. The van der Waals surface area contributed by atoms with E-state index >= 15 is 0 Å². The lowest BCUT2D eigenvalue weighted by Gasteiger charge is -2.07. The van der Waals surface area contributed by atoms with Gasteiger partial charge in [0.1, 0.15) is 5.82 Å². The fourth-order valence-corrected chi connectivity index (χ4v) is 1.57. The minimum Gasteiger partial charge on any atom is -0.370 e. The lowest BCUT2D eigenvalue weighted by Crippen LogP contribution is -2.09. The number of nitrogens with one attached hydrogen (secondary N) is 1. The molecule has 0 unspecified atom stereocenters. The van der Waals surface area contributed by atoms with Crippen LogP contribution in [0.15, 0.2) is 36.5 Å². The molecule has 0 spiro atoms. The zero-order valence-corrected chi connectivity index (χ0v) is 8.61. The van der Waals surface area contributed by atoms with Crippen molar-refractivity contribution in [1.29, 1.82) is 0 Å². The predicted octanol–water partition coefficient (Wildman–Crippen LogP) is 2.00. The van der Waals surface area contributed by atoms with E-state index in [1.54, 1.807) is 0 Å². The molecule has 2 aromatic rings. The van der Waals surface area contributed by atoms with Crippen LogP contribution in [0, 0.1) is 0 Å². The van der Waals surface area contributed by atoms with Crippen molar-refractivity contribution in [2.75, 3.05) is 18.4 Å². The van der Waals surface area contributed by atoms with Gasteiger partial charge in [0.2, 0.25) is 0 Å². The third-order valence-electron chi connectivity index (χ3n) is 2.35. The van der Waals surface area contributed by atoms with Crippen molar-refractivity contribution >= 4 is 16.6 Å². The number of rotatable bonds is 4. The second kappa shape index (κ2) is 4.75. The molecule has 78 valence electrons. The molecule has 3 N–H and O–H groups in total. The molecule has 0 aliphatic carbocycles. The summed E-state index contributed by atoms with van der Waals surface area (Å²) in [5, 5.41) is 5.67. The van der Waals surface area contributed by atoms with Gasteiger partial charge in [0.25, 0.3) is 0 Å². The van der Waals surface area contributed by atoms with Gasteiger partial charge in [-0.25, -0.2) is 4.98 Å². The molecule has 0 amide bonds. The Morgan fingerprint density at radius 1 is 1.20 bits per heavy atom. The Kier molecular flexibility index (Phi) is 3.15. The molecule has 1 aromatic heterocycles. The Morgan fingerprint density at radius 2 is 2.07 bits per heavy atom. The SMILES string of the molecule is NCCCNc1nccc2ccccc12. The molecular formula is C12H15N3. The second-order valence-corrected chi connectivity index (χ2v) is 3.45. The minimum absolute atomic E-state index is 0.706. The summed E-state index contributed by atoms with van der Waals surface area (Å²) in [6, 6.07) is 10.2. The maximum absolute atomic E-state index is 5.44. The zero-order valence-electron chi connectivity index (χ0n) is 8.61. The number of anilines is 1. The van der Waals surface area contributed by atoms with Crippen molar-refractivity contribution < 1.29 is 0 Å². The fraction of sp³-hybridized carbons (Fsp3) is 0.250. The van der Waals surface area contributed by atoms with Crippen LogP contribution in [0.4, 0.5) is 5.82 Å². The molecule has 1 aromatic carbocycles. The van der Waals surface area contributed by atoms with Crippen molar-refractivity contribution in [3.63, 3.8) is 0 Å². The lowest BCUT2D eigenvalue weighted by molar-refractivity contribution is 0.871. The molecule has 0 saturated heterocycles. The third kappa shape index (κ3) is 2.25. The number of aromatic nitrogens is 1. The van der Waals surface area contributed by atoms with Gasteiger partial charge in [0.05, 0.1) is 0 Å². The number of hydrogen-bond acceptors (Lipinski definition) is 3. The highest BCUT2D eigenvalue weighted by Gasteiger charge is 1.99. The number of hydrogen-bond donors (Lipinski definition) is 2. The molecule has 0 aliphatic heterocycles. The number of nitrogens with zero attached hydrogens (tertiary/aromatic N) is 1. The monoisotopic (exact) mass is 201 g/mol. The van der Waals surface area contributed by atoms with Crippen molar-refractivity contribution in [3.05, 3.63) is 36.5 Å². The number of pyridine rings is 1. The van der Waals surface area contributed by atoms with E-state index in [1.807, 2.05) is 24.4 Å². The van der Waals surface area contributed by atoms with Gasteiger partial charge in [-0.3, -0.25) is 0 Å². The summed E-state index contributed by atoms with van der Waals surface area (Å²) >= 11 is 0.